The molecule has 0 aromatic heterocycles. The fraction of sp³-hybridized carbons (Fsp3) is 0.429. The highest BCUT2D eigenvalue weighted by Crippen LogP contribution is 2.17. The summed E-state index contributed by atoms with van der Waals surface area (Å²) in [5.41, 5.74) is -0.251. The fourth-order valence-corrected chi connectivity index (χ4v) is 1.85. The second-order valence-electron chi connectivity index (χ2n) is 4.53. The second kappa shape index (κ2) is 6.41. The highest BCUT2D eigenvalue weighted by Gasteiger charge is 2.21. The Hall–Kier alpha value is -1.78. The van der Waals surface area contributed by atoms with Crippen LogP contribution in [-0.2, 0) is 0 Å². The third kappa shape index (κ3) is 3.36. The predicted octanol–water partition coefficient (Wildman–Crippen LogP) is 3.04. The number of aldehydes is 1. The van der Waals surface area contributed by atoms with E-state index >= 15 is 0 Å². The topological polar surface area (TPSA) is 37.4 Å². The number of nitrogens with zero attached hydrogens (tertiary/aromatic N) is 1. The van der Waals surface area contributed by atoms with E-state index in [1.54, 1.807) is 7.05 Å². The maximum atomic E-state index is 13.2. The van der Waals surface area contributed by atoms with Crippen molar-refractivity contribution in [2.45, 2.75) is 32.7 Å². The van der Waals surface area contributed by atoms with Gasteiger partial charge >= 0.3 is 0 Å². The lowest BCUT2D eigenvalue weighted by Crippen LogP contribution is -2.35. The molecular formula is C14H17F2NO2. The highest BCUT2D eigenvalue weighted by atomic mass is 19.2. The van der Waals surface area contributed by atoms with Crippen LogP contribution in [0.5, 0.6) is 0 Å². The molecule has 1 rings (SSSR count). The van der Waals surface area contributed by atoms with Gasteiger partial charge in [-0.05, 0) is 25.5 Å². The van der Waals surface area contributed by atoms with E-state index in [2.05, 4.69) is 0 Å². The minimum Gasteiger partial charge on any atom is -0.339 e. The molecule has 0 aliphatic carbocycles. The zero-order chi connectivity index (χ0) is 14.6. The summed E-state index contributed by atoms with van der Waals surface area (Å²) in [7, 11) is 1.58. The number of rotatable bonds is 5. The summed E-state index contributed by atoms with van der Waals surface area (Å²) >= 11 is 0. The average molecular weight is 269 g/mol. The Morgan fingerprint density at radius 1 is 1.37 bits per heavy atom. The number of carbonyl (C=O) groups excluding carboxylic acids is 2. The molecule has 1 unspecified atom stereocenters. The lowest BCUT2D eigenvalue weighted by Gasteiger charge is -2.25. The lowest BCUT2D eigenvalue weighted by atomic mass is 10.1. The molecule has 0 fully saturated rings. The van der Waals surface area contributed by atoms with Crippen molar-refractivity contribution in [3.63, 3.8) is 0 Å². The number of hydrogen-bond acceptors (Lipinski definition) is 2. The number of amides is 1. The number of benzene rings is 1. The van der Waals surface area contributed by atoms with Gasteiger partial charge in [-0.1, -0.05) is 13.3 Å². The van der Waals surface area contributed by atoms with Gasteiger partial charge in [0.2, 0.25) is 0 Å². The quantitative estimate of drug-likeness (QED) is 0.770. The molecule has 1 atom stereocenters. The Labute approximate surface area is 111 Å². The van der Waals surface area contributed by atoms with Gasteiger partial charge in [-0.2, -0.15) is 0 Å². The first kappa shape index (κ1) is 15.3. The summed E-state index contributed by atoms with van der Waals surface area (Å²) in [5.74, 6) is -2.75. The maximum absolute atomic E-state index is 13.2. The van der Waals surface area contributed by atoms with Gasteiger partial charge < -0.3 is 4.90 Å². The van der Waals surface area contributed by atoms with Crippen LogP contribution in [0.2, 0.25) is 0 Å². The molecule has 0 heterocycles. The van der Waals surface area contributed by atoms with E-state index in [0.717, 1.165) is 25.0 Å². The number of hydrogen-bond donors (Lipinski definition) is 0. The second-order valence-corrected chi connectivity index (χ2v) is 4.53. The van der Waals surface area contributed by atoms with Crippen LogP contribution < -0.4 is 0 Å². The Balaban J connectivity index is 3.11. The smallest absolute Gasteiger partial charge is 0.254 e. The van der Waals surface area contributed by atoms with Gasteiger partial charge in [0, 0.05) is 18.7 Å². The van der Waals surface area contributed by atoms with E-state index in [4.69, 9.17) is 0 Å². The molecule has 3 nitrogen and oxygen atoms in total. The molecule has 0 saturated heterocycles. The van der Waals surface area contributed by atoms with Gasteiger partial charge in [-0.3, -0.25) is 9.59 Å². The maximum Gasteiger partial charge on any atom is 0.254 e. The zero-order valence-electron chi connectivity index (χ0n) is 11.2. The molecule has 104 valence electrons. The van der Waals surface area contributed by atoms with E-state index in [1.807, 2.05) is 13.8 Å². The molecule has 0 radical (unpaired) electrons. The van der Waals surface area contributed by atoms with Crippen LogP contribution in [0.4, 0.5) is 8.78 Å². The normalized spacial score (nSPS) is 12.1. The Morgan fingerprint density at radius 3 is 2.47 bits per heavy atom. The molecule has 0 N–H and O–H groups in total. The van der Waals surface area contributed by atoms with Gasteiger partial charge in [0.05, 0.1) is 5.56 Å². The first-order valence-corrected chi connectivity index (χ1v) is 6.13. The van der Waals surface area contributed by atoms with Crippen molar-refractivity contribution in [3.05, 3.63) is 34.9 Å². The molecule has 0 aliphatic rings. The fourth-order valence-electron chi connectivity index (χ4n) is 1.85. The summed E-state index contributed by atoms with van der Waals surface area (Å²) < 4.78 is 26.2. The molecule has 0 aliphatic heterocycles. The van der Waals surface area contributed by atoms with E-state index < -0.39 is 17.5 Å². The lowest BCUT2D eigenvalue weighted by molar-refractivity contribution is 0.0733. The number of carbonyl (C=O) groups is 2. The van der Waals surface area contributed by atoms with E-state index in [1.165, 1.54) is 4.90 Å². The van der Waals surface area contributed by atoms with Crippen molar-refractivity contribution in [2.24, 2.45) is 0 Å². The van der Waals surface area contributed by atoms with Crippen molar-refractivity contribution in [3.8, 4) is 0 Å². The van der Waals surface area contributed by atoms with Crippen LogP contribution >= 0.6 is 0 Å². The molecule has 1 amide bonds. The van der Waals surface area contributed by atoms with E-state index in [0.29, 0.717) is 6.29 Å². The van der Waals surface area contributed by atoms with Crippen molar-refractivity contribution in [2.75, 3.05) is 7.05 Å². The van der Waals surface area contributed by atoms with Crippen LogP contribution in [-0.4, -0.2) is 30.2 Å². The third-order valence-corrected chi connectivity index (χ3v) is 3.14. The third-order valence-electron chi connectivity index (χ3n) is 3.14. The largest absolute Gasteiger partial charge is 0.339 e. The average Bonchev–Trinajstić information content (AvgIpc) is 2.39. The summed E-state index contributed by atoms with van der Waals surface area (Å²) in [6.45, 7) is 3.85. The predicted molar refractivity (Wildman–Crippen MR) is 68.2 cm³/mol. The molecular weight excluding hydrogens is 252 g/mol. The molecule has 0 saturated carbocycles. The van der Waals surface area contributed by atoms with Gasteiger partial charge in [-0.15, -0.1) is 0 Å². The molecule has 1 aromatic rings. The Bertz CT molecular complexity index is 489. The van der Waals surface area contributed by atoms with Crippen LogP contribution in [0.25, 0.3) is 0 Å². The molecule has 5 heteroatoms. The van der Waals surface area contributed by atoms with Crippen LogP contribution in [0.15, 0.2) is 12.1 Å². The van der Waals surface area contributed by atoms with Gasteiger partial charge in [0.15, 0.2) is 17.9 Å². The van der Waals surface area contributed by atoms with Gasteiger partial charge in [-0.25, -0.2) is 8.78 Å². The van der Waals surface area contributed by atoms with Crippen molar-refractivity contribution < 1.29 is 18.4 Å². The molecule has 19 heavy (non-hydrogen) atoms. The molecule has 0 spiro atoms. The summed E-state index contributed by atoms with van der Waals surface area (Å²) in [4.78, 5) is 24.5. The monoisotopic (exact) mass is 269 g/mol. The molecule has 0 bridgehead atoms. The highest BCUT2D eigenvalue weighted by molar-refractivity contribution is 6.01. The van der Waals surface area contributed by atoms with E-state index in [-0.39, 0.29) is 17.2 Å². The van der Waals surface area contributed by atoms with Crippen molar-refractivity contribution >= 4 is 12.2 Å². The van der Waals surface area contributed by atoms with Crippen LogP contribution in [0, 0.1) is 11.6 Å². The van der Waals surface area contributed by atoms with Gasteiger partial charge in [0.1, 0.15) is 0 Å². The Kier molecular flexibility index (Phi) is 5.15. The zero-order valence-corrected chi connectivity index (χ0v) is 11.2. The Morgan fingerprint density at radius 2 is 1.95 bits per heavy atom. The van der Waals surface area contributed by atoms with Crippen molar-refractivity contribution in [1.82, 2.24) is 4.90 Å². The van der Waals surface area contributed by atoms with Crippen LogP contribution in [0.1, 0.15) is 47.4 Å². The minimum atomic E-state index is -1.14. The first-order chi connectivity index (χ1) is 8.92. The van der Waals surface area contributed by atoms with Crippen molar-refractivity contribution in [1.29, 1.82) is 0 Å². The molecule has 1 aromatic carbocycles. The first-order valence-electron chi connectivity index (χ1n) is 6.13. The SMILES string of the molecule is CCCC(C)N(C)C(=O)c1cc(F)c(F)cc1C=O. The standard InChI is InChI=1S/C14H17F2NO2/c1-4-5-9(2)17(3)14(19)11-7-13(16)12(15)6-10(11)8-18/h6-9H,4-5H2,1-3H3. The number of halogens is 2. The minimum absolute atomic E-state index is 0.0369. The van der Waals surface area contributed by atoms with Crippen LogP contribution in [0.3, 0.4) is 0 Å². The van der Waals surface area contributed by atoms with Gasteiger partial charge in [0.25, 0.3) is 5.91 Å². The summed E-state index contributed by atoms with van der Waals surface area (Å²) in [5, 5.41) is 0. The van der Waals surface area contributed by atoms with E-state index in [9.17, 15) is 18.4 Å². The summed E-state index contributed by atoms with van der Waals surface area (Å²) in [6.07, 6.45) is 2.05. The summed E-state index contributed by atoms with van der Waals surface area (Å²) in [6, 6.07) is 1.48.